The van der Waals surface area contributed by atoms with Gasteiger partial charge in [0.1, 0.15) is 5.69 Å². The second-order valence-corrected chi connectivity index (χ2v) is 4.63. The molecule has 7 nitrogen and oxygen atoms in total. The number of halogens is 3. The minimum Gasteiger partial charge on any atom is -0.476 e. The van der Waals surface area contributed by atoms with Crippen molar-refractivity contribution in [2.75, 3.05) is 0 Å². The van der Waals surface area contributed by atoms with Gasteiger partial charge in [-0.1, -0.05) is 16.8 Å². The zero-order valence-corrected chi connectivity index (χ0v) is 12.0. The Hall–Kier alpha value is -2.03. The first-order chi connectivity index (χ1) is 9.86. The largest absolute Gasteiger partial charge is 0.476 e. The maximum absolute atomic E-state index is 13.1. The number of carboxylic acids is 1. The summed E-state index contributed by atoms with van der Waals surface area (Å²) in [6.45, 7) is 3.88. The highest BCUT2D eigenvalue weighted by Crippen LogP contribution is 2.25. The van der Waals surface area contributed by atoms with Gasteiger partial charge in [0.25, 0.3) is 6.43 Å². The summed E-state index contributed by atoms with van der Waals surface area (Å²) in [7, 11) is 0. The molecule has 1 N–H and O–H groups in total. The van der Waals surface area contributed by atoms with Crippen molar-refractivity contribution in [1.82, 2.24) is 24.8 Å². The number of aromatic nitrogens is 5. The van der Waals surface area contributed by atoms with Gasteiger partial charge in [0.15, 0.2) is 5.69 Å². The molecular weight excluding hydrogens is 308 g/mol. The van der Waals surface area contributed by atoms with E-state index in [0.717, 1.165) is 4.68 Å². The van der Waals surface area contributed by atoms with Crippen LogP contribution in [0.5, 0.6) is 0 Å². The lowest BCUT2D eigenvalue weighted by molar-refractivity contribution is 0.0675. The fourth-order valence-electron chi connectivity index (χ4n) is 1.97. The van der Waals surface area contributed by atoms with E-state index in [1.165, 1.54) is 0 Å². The third-order valence-electron chi connectivity index (χ3n) is 2.94. The van der Waals surface area contributed by atoms with Gasteiger partial charge in [-0.2, -0.15) is 5.10 Å². The van der Waals surface area contributed by atoms with Crippen LogP contribution in [-0.2, 0) is 13.1 Å². The van der Waals surface area contributed by atoms with E-state index in [2.05, 4.69) is 15.4 Å². The van der Waals surface area contributed by atoms with Gasteiger partial charge in [0.2, 0.25) is 0 Å². The van der Waals surface area contributed by atoms with Gasteiger partial charge in [0.05, 0.1) is 23.0 Å². The summed E-state index contributed by atoms with van der Waals surface area (Å²) >= 11 is 6.10. The normalized spacial score (nSPS) is 11.3. The molecule has 114 valence electrons. The first-order valence-corrected chi connectivity index (χ1v) is 6.41. The summed E-state index contributed by atoms with van der Waals surface area (Å²) in [5.41, 5.74) is -0.480. The van der Waals surface area contributed by atoms with E-state index in [1.807, 2.05) is 6.92 Å². The molecule has 2 aromatic heterocycles. The Morgan fingerprint density at radius 2 is 2.10 bits per heavy atom. The highest BCUT2D eigenvalue weighted by Gasteiger charge is 2.27. The minimum atomic E-state index is -3.01. The van der Waals surface area contributed by atoms with Gasteiger partial charge in [-0.15, -0.1) is 5.10 Å². The Labute approximate surface area is 123 Å². The van der Waals surface area contributed by atoms with Crippen molar-refractivity contribution < 1.29 is 18.7 Å². The van der Waals surface area contributed by atoms with E-state index in [9.17, 15) is 13.6 Å². The van der Waals surface area contributed by atoms with Crippen molar-refractivity contribution in [3.63, 3.8) is 0 Å². The van der Waals surface area contributed by atoms with E-state index in [4.69, 9.17) is 16.7 Å². The predicted octanol–water partition coefficient (Wildman–Crippen LogP) is 2.14. The highest BCUT2D eigenvalue weighted by molar-refractivity contribution is 6.31. The van der Waals surface area contributed by atoms with Crippen LogP contribution in [0.4, 0.5) is 8.78 Å². The lowest BCUT2D eigenvalue weighted by Gasteiger charge is -2.08. The van der Waals surface area contributed by atoms with Gasteiger partial charge in [-0.05, 0) is 13.8 Å². The standard InChI is InChI=1S/C11H12ClF2N5O2/c1-3-18-6(7(12)5(2)16-18)4-19-9(10(13)14)8(11(20)21)15-17-19/h10H,3-4H2,1-2H3,(H,20,21). The van der Waals surface area contributed by atoms with Crippen LogP contribution in [0.15, 0.2) is 0 Å². The van der Waals surface area contributed by atoms with Crippen molar-refractivity contribution >= 4 is 17.6 Å². The Balaban J connectivity index is 2.48. The summed E-state index contributed by atoms with van der Waals surface area (Å²) in [5, 5.41) is 20.1. The van der Waals surface area contributed by atoms with Crippen LogP contribution in [0.2, 0.25) is 5.02 Å². The molecular formula is C11H12ClF2N5O2. The quantitative estimate of drug-likeness (QED) is 0.912. The van der Waals surface area contributed by atoms with Crippen LogP contribution < -0.4 is 0 Å². The summed E-state index contributed by atoms with van der Waals surface area (Å²) in [5.74, 6) is -1.55. The number of rotatable bonds is 5. The number of carbonyl (C=O) groups is 1. The van der Waals surface area contributed by atoms with Crippen LogP contribution in [0, 0.1) is 6.92 Å². The molecule has 0 amide bonds. The molecule has 0 aliphatic rings. The van der Waals surface area contributed by atoms with Crippen molar-refractivity contribution in [2.45, 2.75) is 33.4 Å². The summed E-state index contributed by atoms with van der Waals surface area (Å²) in [6, 6.07) is 0. The zero-order chi connectivity index (χ0) is 15.7. The number of alkyl halides is 2. The highest BCUT2D eigenvalue weighted by atomic mass is 35.5. The number of hydrogen-bond donors (Lipinski definition) is 1. The Morgan fingerprint density at radius 1 is 1.43 bits per heavy atom. The molecule has 10 heteroatoms. The lowest BCUT2D eigenvalue weighted by Crippen LogP contribution is -2.13. The van der Waals surface area contributed by atoms with Crippen LogP contribution in [0.1, 0.15) is 40.9 Å². The summed E-state index contributed by atoms with van der Waals surface area (Å²) in [6.07, 6.45) is -3.01. The second-order valence-electron chi connectivity index (χ2n) is 4.25. The van der Waals surface area contributed by atoms with Crippen LogP contribution >= 0.6 is 11.6 Å². The molecule has 0 saturated carbocycles. The van der Waals surface area contributed by atoms with Gasteiger partial charge in [-0.25, -0.2) is 18.3 Å². The third kappa shape index (κ3) is 2.73. The molecule has 0 aromatic carbocycles. The fourth-order valence-corrected chi connectivity index (χ4v) is 2.16. The van der Waals surface area contributed by atoms with E-state index in [1.54, 1.807) is 11.6 Å². The molecule has 0 aliphatic carbocycles. The first kappa shape index (κ1) is 15.4. The number of nitrogens with zero attached hydrogens (tertiary/aromatic N) is 5. The average molecular weight is 320 g/mol. The van der Waals surface area contributed by atoms with Crippen LogP contribution in [0.3, 0.4) is 0 Å². The Morgan fingerprint density at radius 3 is 2.62 bits per heavy atom. The second kappa shape index (κ2) is 5.76. The topological polar surface area (TPSA) is 85.8 Å². The smallest absolute Gasteiger partial charge is 0.358 e. The van der Waals surface area contributed by atoms with Crippen molar-refractivity contribution in [1.29, 1.82) is 0 Å². The molecule has 0 saturated heterocycles. The Bertz CT molecular complexity index is 682. The van der Waals surface area contributed by atoms with Gasteiger partial charge >= 0.3 is 5.97 Å². The van der Waals surface area contributed by atoms with Gasteiger partial charge in [0, 0.05) is 6.54 Å². The molecule has 0 bridgehead atoms. The molecule has 21 heavy (non-hydrogen) atoms. The third-order valence-corrected chi connectivity index (χ3v) is 3.43. The fraction of sp³-hybridized carbons (Fsp3) is 0.455. The average Bonchev–Trinajstić information content (AvgIpc) is 2.95. The molecule has 2 aromatic rings. The lowest BCUT2D eigenvalue weighted by atomic mass is 10.3. The molecule has 0 fully saturated rings. The Kier molecular flexibility index (Phi) is 4.21. The molecule has 0 spiro atoms. The van der Waals surface area contributed by atoms with E-state index in [0.29, 0.717) is 23.0 Å². The molecule has 0 aliphatic heterocycles. The number of hydrogen-bond acceptors (Lipinski definition) is 4. The molecule has 0 radical (unpaired) electrons. The van der Waals surface area contributed by atoms with Gasteiger partial charge < -0.3 is 5.11 Å². The van der Waals surface area contributed by atoms with E-state index >= 15 is 0 Å². The molecule has 0 unspecified atom stereocenters. The van der Waals surface area contributed by atoms with Crippen molar-refractivity contribution in [2.24, 2.45) is 0 Å². The SMILES string of the molecule is CCn1nc(C)c(Cl)c1Cn1nnc(C(=O)O)c1C(F)F. The number of carboxylic acid groups (broad SMARTS) is 1. The summed E-state index contributed by atoms with van der Waals surface area (Å²) < 4.78 is 28.5. The maximum atomic E-state index is 13.1. The zero-order valence-electron chi connectivity index (χ0n) is 11.2. The monoisotopic (exact) mass is 319 g/mol. The predicted molar refractivity (Wildman–Crippen MR) is 68.7 cm³/mol. The van der Waals surface area contributed by atoms with Crippen molar-refractivity contribution in [3.8, 4) is 0 Å². The number of aryl methyl sites for hydroxylation is 2. The molecule has 0 atom stereocenters. The first-order valence-electron chi connectivity index (χ1n) is 6.03. The van der Waals surface area contributed by atoms with E-state index < -0.39 is 23.8 Å². The van der Waals surface area contributed by atoms with E-state index in [-0.39, 0.29) is 6.54 Å². The molecule has 2 heterocycles. The van der Waals surface area contributed by atoms with Crippen LogP contribution in [0.25, 0.3) is 0 Å². The maximum Gasteiger partial charge on any atom is 0.358 e. The van der Waals surface area contributed by atoms with Crippen LogP contribution in [-0.4, -0.2) is 35.9 Å². The number of aromatic carboxylic acids is 1. The molecule has 2 rings (SSSR count). The minimum absolute atomic E-state index is 0.131. The summed E-state index contributed by atoms with van der Waals surface area (Å²) in [4.78, 5) is 10.9. The van der Waals surface area contributed by atoms with Crippen molar-refractivity contribution in [3.05, 3.63) is 27.8 Å². The van der Waals surface area contributed by atoms with Gasteiger partial charge in [-0.3, -0.25) is 4.68 Å².